The topological polar surface area (TPSA) is 69.0 Å². The Hall–Kier alpha value is -2.52. The van der Waals surface area contributed by atoms with Crippen molar-refractivity contribution in [3.8, 4) is 6.07 Å². The van der Waals surface area contributed by atoms with Gasteiger partial charge in [-0.05, 0) is 42.0 Å². The van der Waals surface area contributed by atoms with Crippen LogP contribution in [0.25, 0.3) is 0 Å². The number of anilines is 1. The van der Waals surface area contributed by atoms with Crippen LogP contribution < -0.4 is 5.32 Å². The predicted molar refractivity (Wildman–Crippen MR) is 86.3 cm³/mol. The maximum Gasteiger partial charge on any atom is 0.323 e. The molecule has 22 heavy (non-hydrogen) atoms. The third-order valence-corrected chi connectivity index (χ3v) is 4.67. The number of amides is 2. The molecule has 1 N–H and O–H groups in total. The van der Waals surface area contributed by atoms with Crippen LogP contribution in [0.15, 0.2) is 48.8 Å². The van der Waals surface area contributed by atoms with E-state index in [1.54, 1.807) is 48.4 Å². The summed E-state index contributed by atoms with van der Waals surface area (Å²) in [4.78, 5) is 18.3. The van der Waals surface area contributed by atoms with Gasteiger partial charge in [0, 0.05) is 30.4 Å². The van der Waals surface area contributed by atoms with Gasteiger partial charge in [-0.3, -0.25) is 4.98 Å². The molecule has 1 fully saturated rings. The number of nitriles is 1. The van der Waals surface area contributed by atoms with Crippen molar-refractivity contribution in [1.82, 2.24) is 9.88 Å². The summed E-state index contributed by atoms with van der Waals surface area (Å²) in [5.41, 5.74) is 2.34. The normalized spacial score (nSPS) is 17.0. The SMILES string of the molecule is N#Cc1ccc(NC(=O)N2CCSC2c2ccncc2)cc1. The third kappa shape index (κ3) is 3.05. The van der Waals surface area contributed by atoms with Gasteiger partial charge in [-0.2, -0.15) is 5.26 Å². The highest BCUT2D eigenvalue weighted by atomic mass is 32.2. The number of nitrogens with zero attached hydrogens (tertiary/aromatic N) is 3. The molecule has 1 saturated heterocycles. The molecule has 1 atom stereocenters. The molecule has 0 bridgehead atoms. The lowest BCUT2D eigenvalue weighted by Gasteiger charge is -2.24. The second kappa shape index (κ2) is 6.50. The average molecular weight is 310 g/mol. The molecule has 3 rings (SSSR count). The van der Waals surface area contributed by atoms with E-state index in [0.717, 1.165) is 11.3 Å². The van der Waals surface area contributed by atoms with E-state index in [4.69, 9.17) is 5.26 Å². The first-order valence-electron chi connectivity index (χ1n) is 6.87. The van der Waals surface area contributed by atoms with Gasteiger partial charge in [0.1, 0.15) is 5.37 Å². The lowest BCUT2D eigenvalue weighted by molar-refractivity contribution is 0.214. The third-order valence-electron chi connectivity index (χ3n) is 3.41. The van der Waals surface area contributed by atoms with Crippen molar-refractivity contribution < 1.29 is 4.79 Å². The van der Waals surface area contributed by atoms with Crippen molar-refractivity contribution >= 4 is 23.5 Å². The molecule has 0 radical (unpaired) electrons. The summed E-state index contributed by atoms with van der Waals surface area (Å²) in [6.07, 6.45) is 3.48. The number of benzene rings is 1. The van der Waals surface area contributed by atoms with E-state index in [1.165, 1.54) is 0 Å². The zero-order valence-electron chi connectivity index (χ0n) is 11.8. The van der Waals surface area contributed by atoms with Crippen LogP contribution in [0.1, 0.15) is 16.5 Å². The molecule has 2 amide bonds. The van der Waals surface area contributed by atoms with Crippen LogP contribution in [0.2, 0.25) is 0 Å². The van der Waals surface area contributed by atoms with E-state index in [9.17, 15) is 4.79 Å². The number of hydrogen-bond donors (Lipinski definition) is 1. The Kier molecular flexibility index (Phi) is 4.26. The van der Waals surface area contributed by atoms with E-state index in [2.05, 4.69) is 16.4 Å². The molecule has 5 nitrogen and oxygen atoms in total. The summed E-state index contributed by atoms with van der Waals surface area (Å²) >= 11 is 1.74. The van der Waals surface area contributed by atoms with Crippen molar-refractivity contribution in [3.63, 3.8) is 0 Å². The lowest BCUT2D eigenvalue weighted by Crippen LogP contribution is -2.34. The number of aromatic nitrogens is 1. The highest BCUT2D eigenvalue weighted by Crippen LogP contribution is 2.37. The van der Waals surface area contributed by atoms with Crippen LogP contribution in [0, 0.1) is 11.3 Å². The van der Waals surface area contributed by atoms with Gasteiger partial charge >= 0.3 is 6.03 Å². The smallest absolute Gasteiger partial charge is 0.308 e. The van der Waals surface area contributed by atoms with Crippen LogP contribution in [0.5, 0.6) is 0 Å². The van der Waals surface area contributed by atoms with E-state index < -0.39 is 0 Å². The van der Waals surface area contributed by atoms with Gasteiger partial charge in [0.15, 0.2) is 0 Å². The molecule has 0 spiro atoms. The van der Waals surface area contributed by atoms with Gasteiger partial charge < -0.3 is 10.2 Å². The maximum absolute atomic E-state index is 12.5. The second-order valence-corrected chi connectivity index (χ2v) is 6.00. The summed E-state index contributed by atoms with van der Waals surface area (Å²) in [7, 11) is 0. The van der Waals surface area contributed by atoms with Crippen LogP contribution in [0.4, 0.5) is 10.5 Å². The minimum Gasteiger partial charge on any atom is -0.308 e. The summed E-state index contributed by atoms with van der Waals surface area (Å²) < 4.78 is 0. The number of hydrogen-bond acceptors (Lipinski definition) is 4. The monoisotopic (exact) mass is 310 g/mol. The number of carbonyl (C=O) groups is 1. The van der Waals surface area contributed by atoms with Gasteiger partial charge in [0.25, 0.3) is 0 Å². The van der Waals surface area contributed by atoms with Gasteiger partial charge in [-0.25, -0.2) is 4.79 Å². The van der Waals surface area contributed by atoms with E-state index in [0.29, 0.717) is 17.8 Å². The summed E-state index contributed by atoms with van der Waals surface area (Å²) in [5, 5.41) is 11.7. The van der Waals surface area contributed by atoms with Crippen LogP contribution >= 0.6 is 11.8 Å². The van der Waals surface area contributed by atoms with E-state index in [-0.39, 0.29) is 11.4 Å². The fourth-order valence-electron chi connectivity index (χ4n) is 2.31. The summed E-state index contributed by atoms with van der Waals surface area (Å²) in [5.74, 6) is 0.910. The number of carbonyl (C=O) groups excluding carboxylic acids is 1. The molecule has 2 aromatic rings. The number of urea groups is 1. The Morgan fingerprint density at radius 3 is 2.68 bits per heavy atom. The zero-order chi connectivity index (χ0) is 15.4. The molecule has 1 aromatic carbocycles. The molecule has 0 saturated carbocycles. The number of nitrogens with one attached hydrogen (secondary N) is 1. The molecule has 1 unspecified atom stereocenters. The number of thioether (sulfide) groups is 1. The Labute approximate surface area is 133 Å². The van der Waals surface area contributed by atoms with Crippen LogP contribution in [-0.2, 0) is 0 Å². The van der Waals surface area contributed by atoms with Crippen molar-refractivity contribution in [3.05, 3.63) is 59.9 Å². The Morgan fingerprint density at radius 2 is 2.00 bits per heavy atom. The van der Waals surface area contributed by atoms with Gasteiger partial charge in [-0.15, -0.1) is 11.8 Å². The standard InChI is InChI=1S/C16H14N4OS/c17-11-12-1-3-14(4-2-12)19-16(21)20-9-10-22-15(20)13-5-7-18-8-6-13/h1-8,15H,9-10H2,(H,19,21). The van der Waals surface area contributed by atoms with Crippen molar-refractivity contribution in [2.75, 3.05) is 17.6 Å². The van der Waals surface area contributed by atoms with Crippen molar-refractivity contribution in [2.45, 2.75) is 5.37 Å². The fourth-order valence-corrected chi connectivity index (χ4v) is 3.56. The Bertz CT molecular complexity index is 696. The highest BCUT2D eigenvalue weighted by Gasteiger charge is 2.30. The van der Waals surface area contributed by atoms with Crippen LogP contribution in [-0.4, -0.2) is 28.2 Å². The molecule has 0 aliphatic carbocycles. The molecule has 2 heterocycles. The first kappa shape index (κ1) is 14.4. The number of pyridine rings is 1. The molecule has 1 aliphatic heterocycles. The minimum absolute atomic E-state index is 0.0152. The molecule has 1 aromatic heterocycles. The van der Waals surface area contributed by atoms with E-state index >= 15 is 0 Å². The van der Waals surface area contributed by atoms with Gasteiger partial charge in [0.2, 0.25) is 0 Å². The maximum atomic E-state index is 12.5. The predicted octanol–water partition coefficient (Wildman–Crippen LogP) is 3.23. The van der Waals surface area contributed by atoms with Gasteiger partial charge in [0.05, 0.1) is 11.6 Å². The quantitative estimate of drug-likeness (QED) is 0.924. The lowest BCUT2D eigenvalue weighted by atomic mass is 10.2. The molecular formula is C16H14N4OS. The first-order valence-corrected chi connectivity index (χ1v) is 7.92. The summed E-state index contributed by atoms with van der Waals surface area (Å²) in [6, 6.07) is 12.7. The number of rotatable bonds is 2. The van der Waals surface area contributed by atoms with E-state index in [1.807, 2.05) is 17.0 Å². The van der Waals surface area contributed by atoms with Crippen LogP contribution in [0.3, 0.4) is 0 Å². The molecule has 6 heteroatoms. The molecule has 110 valence electrons. The Morgan fingerprint density at radius 1 is 1.27 bits per heavy atom. The van der Waals surface area contributed by atoms with Crippen molar-refractivity contribution in [1.29, 1.82) is 5.26 Å². The molecule has 1 aliphatic rings. The Balaban J connectivity index is 1.72. The fraction of sp³-hybridized carbons (Fsp3) is 0.188. The largest absolute Gasteiger partial charge is 0.323 e. The van der Waals surface area contributed by atoms with Gasteiger partial charge in [-0.1, -0.05) is 0 Å². The second-order valence-electron chi connectivity index (χ2n) is 4.82. The highest BCUT2D eigenvalue weighted by molar-refractivity contribution is 7.99. The zero-order valence-corrected chi connectivity index (χ0v) is 12.6. The minimum atomic E-state index is -0.128. The first-order chi connectivity index (χ1) is 10.8. The van der Waals surface area contributed by atoms with Crippen molar-refractivity contribution in [2.24, 2.45) is 0 Å². The average Bonchev–Trinajstić information content (AvgIpc) is 3.06. The summed E-state index contributed by atoms with van der Waals surface area (Å²) in [6.45, 7) is 0.708. The molecular weight excluding hydrogens is 296 g/mol.